The summed E-state index contributed by atoms with van der Waals surface area (Å²) in [6.07, 6.45) is 1.44. The summed E-state index contributed by atoms with van der Waals surface area (Å²) in [6.45, 7) is 5.12. The summed E-state index contributed by atoms with van der Waals surface area (Å²) >= 11 is 0. The van der Waals surface area contributed by atoms with Gasteiger partial charge in [0.05, 0.1) is 25.3 Å². The Kier molecular flexibility index (Phi) is 7.44. The minimum absolute atomic E-state index is 0.315. The number of hydrogen-bond acceptors (Lipinski definition) is 5. The average Bonchev–Trinajstić information content (AvgIpc) is 2.76. The van der Waals surface area contributed by atoms with E-state index in [0.29, 0.717) is 30.8 Å². The highest BCUT2D eigenvalue weighted by Gasteiger charge is 2.13. The van der Waals surface area contributed by atoms with Crippen molar-refractivity contribution in [3.05, 3.63) is 65.7 Å². The summed E-state index contributed by atoms with van der Waals surface area (Å²) in [4.78, 5) is 4.50. The van der Waals surface area contributed by atoms with Crippen LogP contribution in [0.5, 0.6) is 11.6 Å². The SMILES string of the molecule is CCOc1cc(OC)c2cc(C(O)CNC(C)CCc3ccccc3)ccc2n1. The molecule has 29 heavy (non-hydrogen) atoms. The van der Waals surface area contributed by atoms with Gasteiger partial charge in [-0.2, -0.15) is 0 Å². The number of rotatable bonds is 10. The van der Waals surface area contributed by atoms with Crippen molar-refractivity contribution in [1.82, 2.24) is 10.3 Å². The molecule has 0 aliphatic rings. The molecule has 0 bridgehead atoms. The molecule has 3 rings (SSSR count). The first kappa shape index (κ1) is 21.1. The van der Waals surface area contributed by atoms with Crippen LogP contribution < -0.4 is 14.8 Å². The fourth-order valence-electron chi connectivity index (χ4n) is 3.35. The van der Waals surface area contributed by atoms with E-state index < -0.39 is 6.10 Å². The van der Waals surface area contributed by atoms with Crippen LogP contribution in [0.2, 0.25) is 0 Å². The third kappa shape index (κ3) is 5.68. The van der Waals surface area contributed by atoms with Crippen LogP contribution in [-0.2, 0) is 6.42 Å². The van der Waals surface area contributed by atoms with Gasteiger partial charge in [0.15, 0.2) is 0 Å². The summed E-state index contributed by atoms with van der Waals surface area (Å²) in [7, 11) is 1.63. The van der Waals surface area contributed by atoms with E-state index in [1.807, 2.05) is 31.2 Å². The third-order valence-corrected chi connectivity index (χ3v) is 5.04. The van der Waals surface area contributed by atoms with Gasteiger partial charge in [-0.15, -0.1) is 0 Å². The molecule has 2 atom stereocenters. The van der Waals surface area contributed by atoms with Crippen LogP contribution in [-0.4, -0.2) is 36.4 Å². The Morgan fingerprint density at radius 1 is 1.10 bits per heavy atom. The highest BCUT2D eigenvalue weighted by Crippen LogP contribution is 2.30. The highest BCUT2D eigenvalue weighted by molar-refractivity contribution is 5.86. The van der Waals surface area contributed by atoms with Gasteiger partial charge in [0.25, 0.3) is 0 Å². The molecule has 0 aliphatic heterocycles. The molecule has 2 aromatic carbocycles. The zero-order valence-corrected chi connectivity index (χ0v) is 17.4. The highest BCUT2D eigenvalue weighted by atomic mass is 16.5. The van der Waals surface area contributed by atoms with Crippen molar-refractivity contribution in [3.8, 4) is 11.6 Å². The van der Waals surface area contributed by atoms with E-state index in [1.54, 1.807) is 13.2 Å². The quantitative estimate of drug-likeness (QED) is 0.537. The maximum atomic E-state index is 10.7. The summed E-state index contributed by atoms with van der Waals surface area (Å²) in [5.74, 6) is 1.23. The number of aromatic nitrogens is 1. The van der Waals surface area contributed by atoms with Crippen LogP contribution in [0, 0.1) is 0 Å². The Balaban J connectivity index is 1.62. The maximum absolute atomic E-state index is 10.7. The minimum Gasteiger partial charge on any atom is -0.496 e. The molecular weight excluding hydrogens is 364 g/mol. The van der Waals surface area contributed by atoms with Crippen LogP contribution in [0.15, 0.2) is 54.6 Å². The number of aliphatic hydroxyl groups is 1. The molecule has 5 nitrogen and oxygen atoms in total. The molecule has 0 saturated heterocycles. The Bertz CT molecular complexity index is 915. The van der Waals surface area contributed by atoms with Gasteiger partial charge in [0, 0.05) is 24.0 Å². The van der Waals surface area contributed by atoms with Crippen LogP contribution in [0.3, 0.4) is 0 Å². The number of hydrogen-bond donors (Lipinski definition) is 2. The normalized spacial score (nSPS) is 13.2. The average molecular weight is 395 g/mol. The topological polar surface area (TPSA) is 63.6 Å². The zero-order chi connectivity index (χ0) is 20.6. The lowest BCUT2D eigenvalue weighted by Gasteiger charge is -2.18. The maximum Gasteiger partial charge on any atom is 0.217 e. The Labute approximate surface area is 172 Å². The number of methoxy groups -OCH3 is 1. The zero-order valence-electron chi connectivity index (χ0n) is 17.4. The van der Waals surface area contributed by atoms with Crippen molar-refractivity contribution >= 4 is 10.9 Å². The van der Waals surface area contributed by atoms with Crippen LogP contribution >= 0.6 is 0 Å². The number of pyridine rings is 1. The predicted molar refractivity (Wildman–Crippen MR) is 117 cm³/mol. The first-order valence-corrected chi connectivity index (χ1v) is 10.2. The van der Waals surface area contributed by atoms with Gasteiger partial charge in [-0.1, -0.05) is 36.4 Å². The number of ether oxygens (including phenoxy) is 2. The number of nitrogens with one attached hydrogen (secondary N) is 1. The van der Waals surface area contributed by atoms with Crippen LogP contribution in [0.1, 0.15) is 37.5 Å². The molecule has 5 heteroatoms. The summed E-state index contributed by atoms with van der Waals surface area (Å²) in [5.41, 5.74) is 2.96. The monoisotopic (exact) mass is 394 g/mol. The lowest BCUT2D eigenvalue weighted by Crippen LogP contribution is -2.30. The van der Waals surface area contributed by atoms with Gasteiger partial charge >= 0.3 is 0 Å². The van der Waals surface area contributed by atoms with Gasteiger partial charge in [-0.3, -0.25) is 0 Å². The summed E-state index contributed by atoms with van der Waals surface area (Å²) in [5, 5.41) is 15.0. The lowest BCUT2D eigenvalue weighted by atomic mass is 10.0. The molecule has 0 fully saturated rings. The van der Waals surface area contributed by atoms with Crippen LogP contribution in [0.4, 0.5) is 0 Å². The Morgan fingerprint density at radius 3 is 2.62 bits per heavy atom. The number of aliphatic hydroxyl groups excluding tert-OH is 1. The molecule has 2 N–H and O–H groups in total. The van der Waals surface area contributed by atoms with E-state index in [9.17, 15) is 5.11 Å². The van der Waals surface area contributed by atoms with Crippen molar-refractivity contribution in [2.45, 2.75) is 38.8 Å². The van der Waals surface area contributed by atoms with Crippen molar-refractivity contribution < 1.29 is 14.6 Å². The molecule has 3 aromatic rings. The molecule has 0 radical (unpaired) electrons. The van der Waals surface area contributed by atoms with Gasteiger partial charge in [-0.25, -0.2) is 4.98 Å². The largest absolute Gasteiger partial charge is 0.496 e. The number of aryl methyl sites for hydroxylation is 1. The third-order valence-electron chi connectivity index (χ3n) is 5.04. The molecule has 0 saturated carbocycles. The second-order valence-corrected chi connectivity index (χ2v) is 7.22. The van der Waals surface area contributed by atoms with E-state index in [0.717, 1.165) is 29.3 Å². The standard InChI is InChI=1S/C24H30N2O3/c1-4-29-24-15-23(28-3)20-14-19(12-13-21(20)26-24)22(27)16-25-17(2)10-11-18-8-6-5-7-9-18/h5-9,12-15,17,22,25,27H,4,10-11,16H2,1-3H3. The number of benzene rings is 2. The lowest BCUT2D eigenvalue weighted by molar-refractivity contribution is 0.170. The molecule has 2 unspecified atom stereocenters. The van der Waals surface area contributed by atoms with Gasteiger partial charge < -0.3 is 19.9 Å². The van der Waals surface area contributed by atoms with E-state index in [-0.39, 0.29) is 0 Å². The molecule has 1 heterocycles. The second-order valence-electron chi connectivity index (χ2n) is 7.22. The van der Waals surface area contributed by atoms with E-state index in [2.05, 4.69) is 41.5 Å². The van der Waals surface area contributed by atoms with Crippen molar-refractivity contribution in [1.29, 1.82) is 0 Å². The van der Waals surface area contributed by atoms with Gasteiger partial charge in [0.1, 0.15) is 5.75 Å². The second kappa shape index (κ2) is 10.2. The molecular formula is C24H30N2O3. The van der Waals surface area contributed by atoms with Crippen molar-refractivity contribution in [3.63, 3.8) is 0 Å². The number of fused-ring (bicyclic) bond motifs is 1. The molecule has 0 aliphatic carbocycles. The predicted octanol–water partition coefficient (Wildman–Crippen LogP) is 4.29. The fraction of sp³-hybridized carbons (Fsp3) is 0.375. The Morgan fingerprint density at radius 2 is 1.90 bits per heavy atom. The first-order valence-electron chi connectivity index (χ1n) is 10.2. The van der Waals surface area contributed by atoms with E-state index in [4.69, 9.17) is 9.47 Å². The van der Waals surface area contributed by atoms with E-state index >= 15 is 0 Å². The molecule has 0 amide bonds. The first-order chi connectivity index (χ1) is 14.1. The summed E-state index contributed by atoms with van der Waals surface area (Å²) in [6, 6.07) is 18.3. The van der Waals surface area contributed by atoms with Crippen molar-refractivity contribution in [2.24, 2.45) is 0 Å². The minimum atomic E-state index is -0.602. The fourth-order valence-corrected chi connectivity index (χ4v) is 3.35. The smallest absolute Gasteiger partial charge is 0.217 e. The van der Waals surface area contributed by atoms with Gasteiger partial charge in [0.2, 0.25) is 5.88 Å². The summed E-state index contributed by atoms with van der Waals surface area (Å²) < 4.78 is 11.0. The number of nitrogens with zero attached hydrogens (tertiary/aromatic N) is 1. The van der Waals surface area contributed by atoms with E-state index in [1.165, 1.54) is 5.56 Å². The van der Waals surface area contributed by atoms with Crippen molar-refractivity contribution in [2.75, 3.05) is 20.3 Å². The molecule has 0 spiro atoms. The molecule has 1 aromatic heterocycles. The Hall–Kier alpha value is -2.63. The van der Waals surface area contributed by atoms with Crippen LogP contribution in [0.25, 0.3) is 10.9 Å². The molecule has 154 valence electrons. The van der Waals surface area contributed by atoms with Gasteiger partial charge in [-0.05, 0) is 49.9 Å².